The molecule has 0 amide bonds. The summed E-state index contributed by atoms with van der Waals surface area (Å²) in [7, 11) is 1.59. The van der Waals surface area contributed by atoms with E-state index in [1.165, 1.54) is 12.3 Å². The van der Waals surface area contributed by atoms with Crippen molar-refractivity contribution in [2.45, 2.75) is 50.6 Å². The molecule has 44 heavy (non-hydrogen) atoms. The Morgan fingerprint density at radius 3 is 2.61 bits per heavy atom. The van der Waals surface area contributed by atoms with Crippen LogP contribution in [-0.4, -0.2) is 51.9 Å². The second-order valence-electron chi connectivity index (χ2n) is 11.1. The van der Waals surface area contributed by atoms with Crippen LogP contribution in [0.15, 0.2) is 48.7 Å². The van der Waals surface area contributed by atoms with E-state index in [2.05, 4.69) is 25.1 Å². The number of pyridine rings is 1. The molecule has 4 heterocycles. The van der Waals surface area contributed by atoms with Crippen LogP contribution >= 0.6 is 11.6 Å². The van der Waals surface area contributed by atoms with Crippen LogP contribution in [0.4, 0.5) is 17.6 Å². The second-order valence-corrected chi connectivity index (χ2v) is 11.5. The van der Waals surface area contributed by atoms with Crippen molar-refractivity contribution in [3.8, 4) is 22.9 Å². The van der Waals surface area contributed by atoms with Crippen LogP contribution in [0.3, 0.4) is 0 Å². The van der Waals surface area contributed by atoms with Gasteiger partial charge in [-0.05, 0) is 74.2 Å². The fourth-order valence-electron chi connectivity index (χ4n) is 5.81. The molecule has 1 N–H and O–H groups in total. The van der Waals surface area contributed by atoms with Gasteiger partial charge in [0.1, 0.15) is 5.82 Å². The maximum Gasteiger partial charge on any atom is 0.451 e. The summed E-state index contributed by atoms with van der Waals surface area (Å²) in [6.07, 6.45) is -0.837. The largest absolute Gasteiger partial charge is 0.451 e. The SMILES string of the molecule is COCCc1cc(-c2nnc(C(F)(F)F)[nH]2)cnc1CN1CCC(c2cccc3c2OC(C)(c2ccc(Cl)cc2F)O3)CC1. The van der Waals surface area contributed by atoms with Crippen LogP contribution in [0, 0.1) is 5.82 Å². The number of H-pyrrole nitrogens is 1. The number of hydrogen-bond acceptors (Lipinski definition) is 7. The van der Waals surface area contributed by atoms with Crippen LogP contribution in [-0.2, 0) is 29.7 Å². The van der Waals surface area contributed by atoms with Crippen LogP contribution in [0.1, 0.15) is 53.9 Å². The molecule has 1 unspecified atom stereocenters. The molecule has 232 valence electrons. The molecule has 0 aliphatic carbocycles. The first-order valence-electron chi connectivity index (χ1n) is 14.2. The fourth-order valence-corrected chi connectivity index (χ4v) is 5.97. The second kappa shape index (κ2) is 12.0. The molecule has 2 aromatic carbocycles. The number of benzene rings is 2. The number of likely N-dealkylation sites (tertiary alicyclic amines) is 1. The van der Waals surface area contributed by atoms with Crippen LogP contribution in [0.5, 0.6) is 11.5 Å². The standard InChI is InChI=1S/C31H30ClF4N5O3/c1-30(23-7-6-21(32)15-24(23)33)43-26-5-3-4-22(27(26)44-30)18-8-11-41(12-9-18)17-25-19(10-13-42-2)14-20(16-37-25)28-38-29(40-39-28)31(34,35)36/h3-7,14-16,18H,8-13,17H2,1-2H3,(H,38,39,40). The Bertz CT molecular complexity index is 1660. The Hall–Kier alpha value is -3.74. The summed E-state index contributed by atoms with van der Waals surface area (Å²) in [5.74, 6) is -1.55. The third-order valence-corrected chi connectivity index (χ3v) is 8.33. The smallest absolute Gasteiger partial charge is 0.444 e. The summed E-state index contributed by atoms with van der Waals surface area (Å²) in [4.78, 5) is 9.16. The number of fused-ring (bicyclic) bond motifs is 1. The predicted molar refractivity (Wildman–Crippen MR) is 154 cm³/mol. The quantitative estimate of drug-likeness (QED) is 0.212. The minimum atomic E-state index is -4.61. The minimum absolute atomic E-state index is 0.00680. The Kier molecular flexibility index (Phi) is 8.25. The Labute approximate surface area is 256 Å². The number of nitrogens with one attached hydrogen (secondary N) is 1. The molecule has 0 radical (unpaired) electrons. The zero-order chi connectivity index (χ0) is 31.1. The molecule has 2 aliphatic rings. The number of alkyl halides is 3. The highest BCUT2D eigenvalue weighted by Crippen LogP contribution is 2.50. The van der Waals surface area contributed by atoms with Gasteiger partial charge in [0.25, 0.3) is 5.79 Å². The van der Waals surface area contributed by atoms with E-state index in [9.17, 15) is 17.6 Å². The number of aromatic amines is 1. The number of methoxy groups -OCH3 is 1. The first kappa shape index (κ1) is 30.3. The van der Waals surface area contributed by atoms with Gasteiger partial charge in [-0.3, -0.25) is 9.88 Å². The Balaban J connectivity index is 1.15. The Morgan fingerprint density at radius 1 is 1.11 bits per heavy atom. The van der Waals surface area contributed by atoms with Gasteiger partial charge in [-0.15, -0.1) is 10.2 Å². The zero-order valence-electron chi connectivity index (χ0n) is 24.0. The van der Waals surface area contributed by atoms with Gasteiger partial charge in [0, 0.05) is 42.9 Å². The molecule has 8 nitrogen and oxygen atoms in total. The topological polar surface area (TPSA) is 85.4 Å². The summed E-state index contributed by atoms with van der Waals surface area (Å²) in [6.45, 7) is 4.30. The van der Waals surface area contributed by atoms with Crippen molar-refractivity contribution < 1.29 is 31.8 Å². The van der Waals surface area contributed by atoms with E-state index < -0.39 is 23.6 Å². The minimum Gasteiger partial charge on any atom is -0.444 e. The van der Waals surface area contributed by atoms with E-state index in [0.717, 1.165) is 42.8 Å². The molecule has 1 fully saturated rings. The molecule has 0 spiro atoms. The summed E-state index contributed by atoms with van der Waals surface area (Å²) in [6, 6.07) is 12.0. The molecule has 0 saturated carbocycles. The van der Waals surface area contributed by atoms with Gasteiger partial charge in [-0.2, -0.15) is 13.2 Å². The van der Waals surface area contributed by atoms with Crippen LogP contribution < -0.4 is 9.47 Å². The summed E-state index contributed by atoms with van der Waals surface area (Å²) in [5, 5.41) is 7.19. The fraction of sp³-hybridized carbons (Fsp3) is 0.387. The monoisotopic (exact) mass is 631 g/mol. The van der Waals surface area contributed by atoms with Gasteiger partial charge in [0.05, 0.1) is 17.9 Å². The van der Waals surface area contributed by atoms with E-state index in [4.69, 9.17) is 25.8 Å². The first-order valence-corrected chi connectivity index (χ1v) is 14.6. The molecule has 6 rings (SSSR count). The average molecular weight is 632 g/mol. The maximum absolute atomic E-state index is 14.8. The summed E-state index contributed by atoms with van der Waals surface area (Å²) < 4.78 is 71.6. The molecule has 4 aromatic rings. The van der Waals surface area contributed by atoms with E-state index in [1.54, 1.807) is 32.2 Å². The van der Waals surface area contributed by atoms with Crippen molar-refractivity contribution in [2.75, 3.05) is 26.8 Å². The molecule has 1 saturated heterocycles. The highest BCUT2D eigenvalue weighted by atomic mass is 35.5. The number of para-hydroxylation sites is 1. The Morgan fingerprint density at radius 2 is 1.91 bits per heavy atom. The highest BCUT2D eigenvalue weighted by Gasteiger charge is 2.43. The molecule has 13 heteroatoms. The lowest BCUT2D eigenvalue weighted by atomic mass is 9.88. The zero-order valence-corrected chi connectivity index (χ0v) is 24.8. The van der Waals surface area contributed by atoms with E-state index >= 15 is 0 Å². The van der Waals surface area contributed by atoms with Crippen LogP contribution in [0.2, 0.25) is 5.02 Å². The molecule has 2 aromatic heterocycles. The number of ether oxygens (including phenoxy) is 3. The number of halogens is 5. The van der Waals surface area contributed by atoms with Gasteiger partial charge < -0.3 is 19.2 Å². The van der Waals surface area contributed by atoms with Crippen molar-refractivity contribution in [1.82, 2.24) is 25.1 Å². The third-order valence-electron chi connectivity index (χ3n) is 8.10. The average Bonchev–Trinajstić information content (AvgIpc) is 3.62. The van der Waals surface area contributed by atoms with E-state index in [1.807, 2.05) is 18.2 Å². The molecular formula is C31H30ClF4N5O3. The van der Waals surface area contributed by atoms with Gasteiger partial charge in [0.15, 0.2) is 17.3 Å². The summed E-state index contributed by atoms with van der Waals surface area (Å²) >= 11 is 5.95. The van der Waals surface area contributed by atoms with Crippen molar-refractivity contribution in [3.05, 3.63) is 87.7 Å². The number of aromatic nitrogens is 4. The lowest BCUT2D eigenvalue weighted by Gasteiger charge is -2.33. The van der Waals surface area contributed by atoms with Gasteiger partial charge in [-0.25, -0.2) is 4.39 Å². The predicted octanol–water partition coefficient (Wildman–Crippen LogP) is 6.89. The highest BCUT2D eigenvalue weighted by molar-refractivity contribution is 6.30. The number of nitrogens with zero attached hydrogens (tertiary/aromatic N) is 4. The lowest BCUT2D eigenvalue weighted by molar-refractivity contribution is -0.144. The third kappa shape index (κ3) is 6.11. The van der Waals surface area contributed by atoms with E-state index in [0.29, 0.717) is 41.7 Å². The normalized spacial score (nSPS) is 19.1. The maximum atomic E-state index is 14.8. The molecule has 0 bridgehead atoms. The van der Waals surface area contributed by atoms with Crippen molar-refractivity contribution in [2.24, 2.45) is 0 Å². The van der Waals surface area contributed by atoms with Crippen LogP contribution in [0.25, 0.3) is 11.4 Å². The first-order chi connectivity index (χ1) is 21.0. The number of rotatable bonds is 8. The number of hydrogen-bond donors (Lipinski definition) is 1. The molecule has 2 aliphatic heterocycles. The molecule has 1 atom stereocenters. The van der Waals surface area contributed by atoms with Gasteiger partial charge >= 0.3 is 6.18 Å². The number of piperidine rings is 1. The van der Waals surface area contributed by atoms with Crippen molar-refractivity contribution >= 4 is 11.6 Å². The van der Waals surface area contributed by atoms with Gasteiger partial charge in [-0.1, -0.05) is 23.7 Å². The van der Waals surface area contributed by atoms with Gasteiger partial charge in [0.2, 0.25) is 5.82 Å². The van der Waals surface area contributed by atoms with E-state index in [-0.39, 0.29) is 17.3 Å². The van der Waals surface area contributed by atoms with Crippen molar-refractivity contribution in [1.29, 1.82) is 0 Å². The lowest BCUT2D eigenvalue weighted by Crippen LogP contribution is -2.34. The van der Waals surface area contributed by atoms with Crippen molar-refractivity contribution in [3.63, 3.8) is 0 Å². The molecular weight excluding hydrogens is 602 g/mol. The summed E-state index contributed by atoms with van der Waals surface area (Å²) in [5.41, 5.74) is 3.42.